The van der Waals surface area contributed by atoms with Gasteiger partial charge in [-0.25, -0.2) is 27.7 Å². The minimum absolute atomic E-state index is 0.233. The molecule has 6 nitrogen and oxygen atoms in total. The highest BCUT2D eigenvalue weighted by atomic mass is 19.2. The number of amides is 2. The molecule has 2 amide bonds. The maximum absolute atomic E-state index is 13.7. The molecule has 11 heteroatoms. The summed E-state index contributed by atoms with van der Waals surface area (Å²) in [5.74, 6) is -16.0. The number of carbonyl (C=O) groups is 3. The zero-order chi connectivity index (χ0) is 22.0. The number of ether oxygens (including phenoxy) is 2. The van der Waals surface area contributed by atoms with Crippen LogP contribution in [-0.2, 0) is 20.9 Å². The fourth-order valence-corrected chi connectivity index (χ4v) is 2.77. The third-order valence-corrected chi connectivity index (χ3v) is 4.26. The quantitative estimate of drug-likeness (QED) is 0.244. The maximum Gasteiger partial charge on any atom is 0.417 e. The Hall–Kier alpha value is -3.50. The van der Waals surface area contributed by atoms with Crippen molar-refractivity contribution in [2.75, 3.05) is 0 Å². The van der Waals surface area contributed by atoms with Crippen LogP contribution in [0.25, 0.3) is 0 Å². The highest BCUT2D eigenvalue weighted by Gasteiger charge is 2.43. The summed E-state index contributed by atoms with van der Waals surface area (Å²) in [5.41, 5.74) is 0.582. The molecule has 0 spiro atoms. The molecule has 30 heavy (non-hydrogen) atoms. The predicted molar refractivity (Wildman–Crippen MR) is 88.4 cm³/mol. The van der Waals surface area contributed by atoms with Gasteiger partial charge in [-0.15, -0.1) is 0 Å². The lowest BCUT2D eigenvalue weighted by atomic mass is 10.2. The summed E-state index contributed by atoms with van der Waals surface area (Å²) in [6, 6.07) is 6.68. The molecule has 3 rings (SSSR count). The standard InChI is InChI=1S/C19H12F5NO5/c20-12-13(21)15(23)17(16(24)14(12)22)30-18(27)10-6-7-11(26)25(10)19(28)29-8-9-4-2-1-3-5-9/h1-5,10H,6-8H2/t10-/m0/s1. The van der Waals surface area contributed by atoms with Crippen molar-refractivity contribution in [1.29, 1.82) is 0 Å². The summed E-state index contributed by atoms with van der Waals surface area (Å²) in [7, 11) is 0. The normalized spacial score (nSPS) is 16.0. The van der Waals surface area contributed by atoms with Crippen LogP contribution in [-0.4, -0.2) is 28.9 Å². The molecule has 0 radical (unpaired) electrons. The molecular formula is C19H12F5NO5. The van der Waals surface area contributed by atoms with E-state index >= 15 is 0 Å². The summed E-state index contributed by atoms with van der Waals surface area (Å²) < 4.78 is 76.4. The Balaban J connectivity index is 1.77. The van der Waals surface area contributed by atoms with Crippen molar-refractivity contribution in [2.45, 2.75) is 25.5 Å². The Kier molecular flexibility index (Phi) is 5.99. The van der Waals surface area contributed by atoms with Crippen LogP contribution >= 0.6 is 0 Å². The van der Waals surface area contributed by atoms with Crippen LogP contribution in [0.4, 0.5) is 26.7 Å². The first kappa shape index (κ1) is 21.2. The third-order valence-electron chi connectivity index (χ3n) is 4.26. The van der Waals surface area contributed by atoms with Crippen molar-refractivity contribution >= 4 is 18.0 Å². The molecular weight excluding hydrogens is 417 g/mol. The lowest BCUT2D eigenvalue weighted by Crippen LogP contribution is -2.45. The van der Waals surface area contributed by atoms with Gasteiger partial charge in [-0.1, -0.05) is 30.3 Å². The molecule has 158 valence electrons. The first-order valence-electron chi connectivity index (χ1n) is 8.48. The number of imide groups is 1. The van der Waals surface area contributed by atoms with E-state index in [2.05, 4.69) is 4.74 Å². The van der Waals surface area contributed by atoms with Crippen LogP contribution < -0.4 is 4.74 Å². The lowest BCUT2D eigenvalue weighted by molar-refractivity contribution is -0.143. The average Bonchev–Trinajstić information content (AvgIpc) is 3.14. The molecule has 1 aliphatic heterocycles. The van der Waals surface area contributed by atoms with Crippen molar-refractivity contribution in [2.24, 2.45) is 0 Å². The molecule has 0 aromatic heterocycles. The zero-order valence-corrected chi connectivity index (χ0v) is 15.0. The topological polar surface area (TPSA) is 72.9 Å². The van der Waals surface area contributed by atoms with E-state index in [1.165, 1.54) is 0 Å². The largest absolute Gasteiger partial charge is 0.444 e. The van der Waals surface area contributed by atoms with E-state index in [4.69, 9.17) is 4.74 Å². The maximum atomic E-state index is 13.7. The summed E-state index contributed by atoms with van der Waals surface area (Å²) in [6.45, 7) is -0.233. The molecule has 0 saturated carbocycles. The van der Waals surface area contributed by atoms with Crippen molar-refractivity contribution in [3.05, 3.63) is 65.0 Å². The van der Waals surface area contributed by atoms with Crippen LogP contribution in [0.3, 0.4) is 0 Å². The SMILES string of the molecule is O=C(Oc1c(F)c(F)c(F)c(F)c1F)[C@@H]1CCC(=O)N1C(=O)OCc1ccccc1. The van der Waals surface area contributed by atoms with E-state index in [0.29, 0.717) is 10.5 Å². The Morgan fingerprint density at radius 1 is 0.933 bits per heavy atom. The van der Waals surface area contributed by atoms with Gasteiger partial charge in [0.15, 0.2) is 0 Å². The summed E-state index contributed by atoms with van der Waals surface area (Å²) >= 11 is 0. The van der Waals surface area contributed by atoms with Gasteiger partial charge in [0.25, 0.3) is 0 Å². The second-order valence-corrected chi connectivity index (χ2v) is 6.18. The monoisotopic (exact) mass is 429 g/mol. The number of esters is 1. The van der Waals surface area contributed by atoms with Crippen molar-refractivity contribution in [1.82, 2.24) is 4.90 Å². The Labute approximate surface area is 165 Å². The first-order valence-corrected chi connectivity index (χ1v) is 8.48. The number of carbonyl (C=O) groups excluding carboxylic acids is 3. The van der Waals surface area contributed by atoms with E-state index < -0.39 is 58.8 Å². The van der Waals surface area contributed by atoms with Gasteiger partial charge in [-0.2, -0.15) is 8.78 Å². The number of nitrogens with zero attached hydrogens (tertiary/aromatic N) is 1. The summed E-state index contributed by atoms with van der Waals surface area (Å²) in [5, 5.41) is 0. The molecule has 0 bridgehead atoms. The van der Waals surface area contributed by atoms with Crippen molar-refractivity contribution < 1.29 is 45.8 Å². The molecule has 0 unspecified atom stereocenters. The van der Waals surface area contributed by atoms with Crippen LogP contribution in [0.15, 0.2) is 30.3 Å². The van der Waals surface area contributed by atoms with Gasteiger partial charge in [0, 0.05) is 6.42 Å². The van der Waals surface area contributed by atoms with Gasteiger partial charge in [-0.05, 0) is 12.0 Å². The summed E-state index contributed by atoms with van der Waals surface area (Å²) in [4.78, 5) is 36.9. The highest BCUT2D eigenvalue weighted by Crippen LogP contribution is 2.30. The molecule has 0 aliphatic carbocycles. The van der Waals surface area contributed by atoms with E-state index in [-0.39, 0.29) is 19.4 Å². The number of hydrogen-bond acceptors (Lipinski definition) is 5. The fraction of sp³-hybridized carbons (Fsp3) is 0.211. The average molecular weight is 429 g/mol. The number of likely N-dealkylation sites (tertiary alicyclic amines) is 1. The molecule has 1 fully saturated rings. The molecule has 0 N–H and O–H groups in total. The predicted octanol–water partition coefficient (Wildman–Crippen LogP) is 3.62. The van der Waals surface area contributed by atoms with Crippen LogP contribution in [0.5, 0.6) is 5.75 Å². The van der Waals surface area contributed by atoms with E-state index in [0.717, 1.165) is 0 Å². The highest BCUT2D eigenvalue weighted by molar-refractivity contribution is 5.99. The third kappa shape index (κ3) is 3.95. The fourth-order valence-electron chi connectivity index (χ4n) is 2.77. The van der Waals surface area contributed by atoms with Crippen molar-refractivity contribution in [3.63, 3.8) is 0 Å². The molecule has 2 aromatic carbocycles. The number of halogens is 5. The van der Waals surface area contributed by atoms with Crippen LogP contribution in [0.2, 0.25) is 0 Å². The Morgan fingerprint density at radius 3 is 2.10 bits per heavy atom. The van der Waals surface area contributed by atoms with Gasteiger partial charge in [0.1, 0.15) is 12.6 Å². The minimum atomic E-state index is -2.42. The molecule has 1 saturated heterocycles. The number of rotatable bonds is 4. The van der Waals surface area contributed by atoms with E-state index in [1.54, 1.807) is 30.3 Å². The Bertz CT molecular complexity index is 985. The molecule has 1 heterocycles. The second-order valence-electron chi connectivity index (χ2n) is 6.18. The first-order chi connectivity index (χ1) is 14.2. The van der Waals surface area contributed by atoms with Gasteiger partial charge in [0.2, 0.25) is 40.7 Å². The van der Waals surface area contributed by atoms with Crippen LogP contribution in [0.1, 0.15) is 18.4 Å². The summed E-state index contributed by atoms with van der Waals surface area (Å²) in [6.07, 6.45) is -1.80. The Morgan fingerprint density at radius 2 is 1.50 bits per heavy atom. The van der Waals surface area contributed by atoms with Gasteiger partial charge >= 0.3 is 12.1 Å². The number of benzene rings is 2. The second kappa shape index (κ2) is 8.47. The smallest absolute Gasteiger partial charge is 0.417 e. The van der Waals surface area contributed by atoms with E-state index in [9.17, 15) is 36.3 Å². The zero-order valence-electron chi connectivity index (χ0n) is 15.0. The molecule has 2 aromatic rings. The van der Waals surface area contributed by atoms with Gasteiger partial charge in [-0.3, -0.25) is 4.79 Å². The van der Waals surface area contributed by atoms with Crippen LogP contribution in [0, 0.1) is 29.1 Å². The van der Waals surface area contributed by atoms with Gasteiger partial charge < -0.3 is 9.47 Å². The minimum Gasteiger partial charge on any atom is -0.444 e. The van der Waals surface area contributed by atoms with E-state index in [1.807, 2.05) is 0 Å². The van der Waals surface area contributed by atoms with Gasteiger partial charge in [0.05, 0.1) is 0 Å². The number of hydrogen-bond donors (Lipinski definition) is 0. The molecule has 1 aliphatic rings. The lowest BCUT2D eigenvalue weighted by Gasteiger charge is -2.21. The van der Waals surface area contributed by atoms with Crippen molar-refractivity contribution in [3.8, 4) is 5.75 Å². The molecule has 1 atom stereocenters.